The molecule has 2 aromatic carbocycles. The van der Waals surface area contributed by atoms with Gasteiger partial charge in [0.25, 0.3) is 5.91 Å². The molecule has 0 radical (unpaired) electrons. The highest BCUT2D eigenvalue weighted by Gasteiger charge is 2.27. The topological polar surface area (TPSA) is 54.5 Å². The van der Waals surface area contributed by atoms with E-state index in [4.69, 9.17) is 4.74 Å². The van der Waals surface area contributed by atoms with Gasteiger partial charge in [-0.05, 0) is 48.7 Å². The number of fused-ring (bicyclic) bond motifs is 1. The molecule has 0 spiro atoms. The second-order valence-corrected chi connectivity index (χ2v) is 7.01. The number of carbonyl (C=O) groups excluding carboxylic acids is 1. The summed E-state index contributed by atoms with van der Waals surface area (Å²) in [6, 6.07) is 18.3. The van der Waals surface area contributed by atoms with Gasteiger partial charge in [0.2, 0.25) is 0 Å². The number of aromatic nitrogens is 1. The summed E-state index contributed by atoms with van der Waals surface area (Å²) in [6.45, 7) is 2.65. The molecule has 0 saturated heterocycles. The first kappa shape index (κ1) is 18.0. The van der Waals surface area contributed by atoms with Crippen molar-refractivity contribution < 1.29 is 9.53 Å². The number of amides is 1. The lowest BCUT2D eigenvalue weighted by atomic mass is 10.1. The first-order valence-corrected chi connectivity index (χ1v) is 9.39. The molecule has 0 fully saturated rings. The van der Waals surface area contributed by atoms with Gasteiger partial charge in [0, 0.05) is 24.5 Å². The lowest BCUT2D eigenvalue weighted by Gasteiger charge is -2.25. The predicted molar refractivity (Wildman–Crippen MR) is 110 cm³/mol. The van der Waals surface area contributed by atoms with Gasteiger partial charge in [-0.3, -0.25) is 9.78 Å². The van der Waals surface area contributed by atoms with E-state index in [-0.39, 0.29) is 5.91 Å². The molecule has 1 aliphatic rings. The fourth-order valence-corrected chi connectivity index (χ4v) is 3.67. The number of benzene rings is 2. The van der Waals surface area contributed by atoms with E-state index in [1.165, 1.54) is 11.3 Å². The monoisotopic (exact) mass is 373 g/mol. The Labute approximate surface area is 165 Å². The molecule has 1 atom stereocenters. The molecule has 3 aromatic rings. The Hall–Kier alpha value is -3.34. The second-order valence-electron chi connectivity index (χ2n) is 7.01. The zero-order valence-electron chi connectivity index (χ0n) is 16.1. The zero-order valence-corrected chi connectivity index (χ0v) is 16.1. The van der Waals surface area contributed by atoms with Gasteiger partial charge in [-0.15, -0.1) is 0 Å². The third-order valence-corrected chi connectivity index (χ3v) is 5.08. The van der Waals surface area contributed by atoms with Crippen molar-refractivity contribution in [3.8, 4) is 5.75 Å². The number of nitrogens with zero attached hydrogens (tertiary/aromatic N) is 2. The summed E-state index contributed by atoms with van der Waals surface area (Å²) >= 11 is 0. The highest BCUT2D eigenvalue weighted by molar-refractivity contribution is 5.95. The lowest BCUT2D eigenvalue weighted by molar-refractivity contribution is 0.0950. The van der Waals surface area contributed by atoms with Crippen LogP contribution < -0.4 is 15.0 Å². The van der Waals surface area contributed by atoms with Crippen molar-refractivity contribution in [3.05, 3.63) is 83.7 Å². The Kier molecular flexibility index (Phi) is 4.98. The van der Waals surface area contributed by atoms with Crippen molar-refractivity contribution in [2.75, 3.05) is 12.0 Å². The Morgan fingerprint density at radius 1 is 1.18 bits per heavy atom. The van der Waals surface area contributed by atoms with E-state index in [0.717, 1.165) is 23.4 Å². The number of carbonyl (C=O) groups is 1. The van der Waals surface area contributed by atoms with Crippen LogP contribution in [0.2, 0.25) is 0 Å². The van der Waals surface area contributed by atoms with Crippen LogP contribution in [0.4, 0.5) is 11.4 Å². The second kappa shape index (κ2) is 7.72. The van der Waals surface area contributed by atoms with E-state index in [2.05, 4.69) is 40.3 Å². The van der Waals surface area contributed by atoms with Gasteiger partial charge in [-0.2, -0.15) is 0 Å². The molecule has 0 bridgehead atoms. The summed E-state index contributed by atoms with van der Waals surface area (Å²) < 4.78 is 5.16. The first-order chi connectivity index (χ1) is 13.7. The van der Waals surface area contributed by atoms with Crippen LogP contribution in [0.1, 0.15) is 28.4 Å². The van der Waals surface area contributed by atoms with Crippen molar-refractivity contribution in [1.29, 1.82) is 0 Å². The highest BCUT2D eigenvalue weighted by Crippen LogP contribution is 2.37. The number of rotatable bonds is 5. The minimum atomic E-state index is -0.134. The number of nitrogens with one attached hydrogen (secondary N) is 1. The van der Waals surface area contributed by atoms with Crippen LogP contribution >= 0.6 is 0 Å². The normalized spacial score (nSPS) is 15.2. The fraction of sp³-hybridized carbons (Fsp3) is 0.217. The molecule has 4 rings (SSSR count). The standard InChI is InChI=1S/C23H23N3O2/c1-16-11-18-5-3-4-6-22(18)26(16)20-12-19(14-24-15-20)23(27)25-13-17-7-9-21(28-2)10-8-17/h3-10,12,14-16H,11,13H2,1-2H3,(H,25,27). The van der Waals surface area contributed by atoms with Gasteiger partial charge < -0.3 is 15.0 Å². The van der Waals surface area contributed by atoms with Crippen molar-refractivity contribution in [2.45, 2.75) is 25.9 Å². The third-order valence-electron chi connectivity index (χ3n) is 5.08. The number of pyridine rings is 1. The number of methoxy groups -OCH3 is 1. The largest absolute Gasteiger partial charge is 0.497 e. The van der Waals surface area contributed by atoms with Crippen LogP contribution in [0.5, 0.6) is 5.75 Å². The Bertz CT molecular complexity index is 985. The van der Waals surface area contributed by atoms with Crippen LogP contribution in [0.3, 0.4) is 0 Å². The number of anilines is 2. The molecule has 5 heteroatoms. The molecule has 5 nitrogen and oxygen atoms in total. The van der Waals surface area contributed by atoms with Crippen LogP contribution in [0, 0.1) is 0 Å². The quantitative estimate of drug-likeness (QED) is 0.731. The molecule has 142 valence electrons. The Morgan fingerprint density at radius 2 is 1.96 bits per heavy atom. The first-order valence-electron chi connectivity index (χ1n) is 9.39. The van der Waals surface area contributed by atoms with Gasteiger partial charge in [-0.1, -0.05) is 30.3 Å². The van der Waals surface area contributed by atoms with Crippen molar-refractivity contribution in [2.24, 2.45) is 0 Å². The van der Waals surface area contributed by atoms with Gasteiger partial charge in [0.1, 0.15) is 5.75 Å². The highest BCUT2D eigenvalue weighted by atomic mass is 16.5. The number of hydrogen-bond donors (Lipinski definition) is 1. The van der Waals surface area contributed by atoms with E-state index >= 15 is 0 Å². The molecule has 2 heterocycles. The minimum absolute atomic E-state index is 0.134. The maximum Gasteiger partial charge on any atom is 0.253 e. The molecule has 1 N–H and O–H groups in total. The fourth-order valence-electron chi connectivity index (χ4n) is 3.67. The predicted octanol–water partition coefficient (Wildman–Crippen LogP) is 4.10. The third kappa shape index (κ3) is 3.56. The summed E-state index contributed by atoms with van der Waals surface area (Å²) in [5.74, 6) is 0.664. The Balaban J connectivity index is 1.49. The summed E-state index contributed by atoms with van der Waals surface area (Å²) in [5, 5.41) is 2.96. The molecular formula is C23H23N3O2. The maximum absolute atomic E-state index is 12.6. The van der Waals surface area contributed by atoms with Gasteiger partial charge >= 0.3 is 0 Å². The maximum atomic E-state index is 12.6. The summed E-state index contributed by atoms with van der Waals surface area (Å²) in [4.78, 5) is 19.2. The molecule has 0 aliphatic carbocycles. The molecular weight excluding hydrogens is 350 g/mol. The zero-order chi connectivity index (χ0) is 19.5. The lowest BCUT2D eigenvalue weighted by Crippen LogP contribution is -2.26. The van der Waals surface area contributed by atoms with E-state index in [1.807, 2.05) is 42.6 Å². The van der Waals surface area contributed by atoms with Crippen LogP contribution in [0.25, 0.3) is 0 Å². The SMILES string of the molecule is COc1ccc(CNC(=O)c2cncc(N3c4ccccc4CC3C)c2)cc1. The van der Waals surface area contributed by atoms with Gasteiger partial charge in [0.15, 0.2) is 0 Å². The van der Waals surface area contributed by atoms with E-state index < -0.39 is 0 Å². The van der Waals surface area contributed by atoms with Gasteiger partial charge in [-0.25, -0.2) is 0 Å². The van der Waals surface area contributed by atoms with Gasteiger partial charge in [0.05, 0.1) is 24.6 Å². The molecule has 28 heavy (non-hydrogen) atoms. The van der Waals surface area contributed by atoms with E-state index in [0.29, 0.717) is 18.2 Å². The number of hydrogen-bond acceptors (Lipinski definition) is 4. The average Bonchev–Trinajstić information content (AvgIpc) is 3.08. The summed E-state index contributed by atoms with van der Waals surface area (Å²) in [5.41, 5.74) is 5.02. The number of ether oxygens (including phenoxy) is 1. The smallest absolute Gasteiger partial charge is 0.253 e. The Morgan fingerprint density at radius 3 is 2.75 bits per heavy atom. The average molecular weight is 373 g/mol. The minimum Gasteiger partial charge on any atom is -0.497 e. The number of para-hydroxylation sites is 1. The van der Waals surface area contributed by atoms with Crippen molar-refractivity contribution >= 4 is 17.3 Å². The molecule has 1 aliphatic heterocycles. The van der Waals surface area contributed by atoms with Crippen LogP contribution in [-0.4, -0.2) is 24.0 Å². The molecule has 1 amide bonds. The van der Waals surface area contributed by atoms with Crippen LogP contribution in [0.15, 0.2) is 67.0 Å². The molecule has 1 unspecified atom stereocenters. The molecule has 0 saturated carbocycles. The summed E-state index contributed by atoms with van der Waals surface area (Å²) in [7, 11) is 1.64. The van der Waals surface area contributed by atoms with Crippen LogP contribution in [-0.2, 0) is 13.0 Å². The van der Waals surface area contributed by atoms with E-state index in [1.54, 1.807) is 13.3 Å². The molecule has 1 aromatic heterocycles. The van der Waals surface area contributed by atoms with Crippen molar-refractivity contribution in [3.63, 3.8) is 0 Å². The summed E-state index contributed by atoms with van der Waals surface area (Å²) in [6.07, 6.45) is 4.42. The van der Waals surface area contributed by atoms with E-state index in [9.17, 15) is 4.79 Å². The van der Waals surface area contributed by atoms with Crippen molar-refractivity contribution in [1.82, 2.24) is 10.3 Å².